The van der Waals surface area contributed by atoms with Gasteiger partial charge in [0.05, 0.1) is 7.11 Å². The number of likely N-dealkylation sites (N-methyl/N-ethyl adjacent to an activating group) is 1. The molecule has 3 heterocycles. The fourth-order valence-electron chi connectivity index (χ4n) is 2.33. The van der Waals surface area contributed by atoms with Crippen LogP contribution in [0.15, 0.2) is 12.1 Å². The Hall–Kier alpha value is -2.02. The first-order valence-corrected chi connectivity index (χ1v) is 6.32. The number of rotatable bonds is 2. The molecule has 0 amide bonds. The van der Waals surface area contributed by atoms with Crippen LogP contribution in [0.4, 0.5) is 5.95 Å². The van der Waals surface area contributed by atoms with E-state index in [1.54, 1.807) is 13.2 Å². The minimum atomic E-state index is 0.473. The van der Waals surface area contributed by atoms with Crippen LogP contribution < -0.4 is 15.5 Å². The zero-order valence-electron chi connectivity index (χ0n) is 11.2. The lowest BCUT2D eigenvalue weighted by molar-refractivity contribution is 0.289. The van der Waals surface area contributed by atoms with Crippen molar-refractivity contribution in [3.8, 4) is 5.88 Å². The van der Waals surface area contributed by atoms with Crippen LogP contribution >= 0.6 is 0 Å². The largest absolute Gasteiger partial charge is 0.481 e. The fraction of sp³-hybridized carbons (Fsp3) is 0.500. The van der Waals surface area contributed by atoms with E-state index in [1.165, 1.54) is 0 Å². The lowest BCUT2D eigenvalue weighted by Crippen LogP contribution is -2.50. The van der Waals surface area contributed by atoms with Crippen molar-refractivity contribution in [2.45, 2.75) is 0 Å². The first-order chi connectivity index (χ1) is 9.19. The lowest BCUT2D eigenvalue weighted by atomic mass is 10.4. The minimum absolute atomic E-state index is 0.473. The Balaban J connectivity index is 2.04. The number of hydrogen-bond acceptors (Lipinski definition) is 6. The van der Waals surface area contributed by atoms with Crippen LogP contribution in [-0.2, 0) is 0 Å². The second-order valence-electron chi connectivity index (χ2n) is 4.74. The average Bonchev–Trinajstić information content (AvgIpc) is 2.75. The number of anilines is 1. The summed E-state index contributed by atoms with van der Waals surface area (Å²) in [6.07, 6.45) is 0. The van der Waals surface area contributed by atoms with Crippen molar-refractivity contribution in [3.63, 3.8) is 0 Å². The third-order valence-corrected chi connectivity index (χ3v) is 3.45. The van der Waals surface area contributed by atoms with Gasteiger partial charge >= 0.3 is 0 Å². The molecule has 0 aromatic carbocycles. The summed E-state index contributed by atoms with van der Waals surface area (Å²) in [6, 6.07) is 3.67. The third kappa shape index (κ3) is 2.06. The van der Waals surface area contributed by atoms with E-state index in [-0.39, 0.29) is 0 Å². The monoisotopic (exact) mass is 262 g/mol. The lowest BCUT2D eigenvalue weighted by Gasteiger charge is -2.34. The van der Waals surface area contributed by atoms with Crippen molar-refractivity contribution in [3.05, 3.63) is 12.1 Å². The van der Waals surface area contributed by atoms with Gasteiger partial charge in [-0.1, -0.05) is 0 Å². The van der Waals surface area contributed by atoms with E-state index in [9.17, 15) is 0 Å². The van der Waals surface area contributed by atoms with Crippen molar-refractivity contribution in [1.29, 1.82) is 0 Å². The number of nitrogen functional groups attached to an aromatic ring is 1. The standard InChI is InChI=1S/C12H18N6O/c1-16-5-7-17(8-6-16)18-11-9(14-12(18)13)3-4-10(15-11)19-2/h3-4H,5-8H2,1-2H3,(H2,13,14). The van der Waals surface area contributed by atoms with Crippen LogP contribution in [0.25, 0.3) is 11.2 Å². The first kappa shape index (κ1) is 12.0. The van der Waals surface area contributed by atoms with Crippen molar-refractivity contribution in [2.75, 3.05) is 51.1 Å². The Labute approximate surface area is 111 Å². The molecule has 0 atom stereocenters. The fourth-order valence-corrected chi connectivity index (χ4v) is 2.33. The van der Waals surface area contributed by atoms with Crippen LogP contribution in [-0.4, -0.2) is 59.9 Å². The van der Waals surface area contributed by atoms with Crippen molar-refractivity contribution >= 4 is 17.1 Å². The summed E-state index contributed by atoms with van der Waals surface area (Å²) in [4.78, 5) is 11.1. The quantitative estimate of drug-likeness (QED) is 0.815. The molecule has 1 fully saturated rings. The van der Waals surface area contributed by atoms with Gasteiger partial charge in [0.15, 0.2) is 5.65 Å². The van der Waals surface area contributed by atoms with Gasteiger partial charge in [-0.05, 0) is 13.1 Å². The Kier molecular flexibility index (Phi) is 2.90. The molecule has 19 heavy (non-hydrogen) atoms. The summed E-state index contributed by atoms with van der Waals surface area (Å²) in [6.45, 7) is 3.82. The number of pyridine rings is 1. The number of hydrogen-bond donors (Lipinski definition) is 1. The van der Waals surface area contributed by atoms with E-state index in [0.29, 0.717) is 11.8 Å². The molecule has 7 heteroatoms. The number of fused-ring (bicyclic) bond motifs is 1. The number of imidazole rings is 1. The molecule has 3 rings (SSSR count). The van der Waals surface area contributed by atoms with Gasteiger partial charge in [0, 0.05) is 32.2 Å². The highest BCUT2D eigenvalue weighted by Crippen LogP contribution is 2.20. The predicted molar refractivity (Wildman–Crippen MR) is 73.9 cm³/mol. The molecule has 0 bridgehead atoms. The molecular formula is C12H18N6O. The summed E-state index contributed by atoms with van der Waals surface area (Å²) < 4.78 is 7.06. The summed E-state index contributed by atoms with van der Waals surface area (Å²) in [5.41, 5.74) is 7.57. The van der Waals surface area contributed by atoms with Gasteiger partial charge in [-0.3, -0.25) is 0 Å². The zero-order valence-corrected chi connectivity index (χ0v) is 11.2. The molecule has 1 saturated heterocycles. The van der Waals surface area contributed by atoms with E-state index < -0.39 is 0 Å². The summed E-state index contributed by atoms with van der Waals surface area (Å²) in [7, 11) is 3.72. The maximum absolute atomic E-state index is 6.03. The maximum Gasteiger partial charge on any atom is 0.222 e. The summed E-state index contributed by atoms with van der Waals surface area (Å²) in [5, 5.41) is 2.18. The van der Waals surface area contributed by atoms with Gasteiger partial charge in [-0.15, -0.1) is 0 Å². The highest BCUT2D eigenvalue weighted by atomic mass is 16.5. The molecular weight excluding hydrogens is 244 g/mol. The summed E-state index contributed by atoms with van der Waals surface area (Å²) >= 11 is 0. The molecule has 2 aromatic rings. The molecule has 0 saturated carbocycles. The molecule has 0 unspecified atom stereocenters. The van der Waals surface area contributed by atoms with Gasteiger partial charge in [-0.2, -0.15) is 4.98 Å². The molecule has 1 aliphatic rings. The van der Waals surface area contributed by atoms with Crippen molar-refractivity contribution in [2.24, 2.45) is 0 Å². The first-order valence-electron chi connectivity index (χ1n) is 6.32. The van der Waals surface area contributed by atoms with Gasteiger partial charge in [-0.25, -0.2) is 9.66 Å². The van der Waals surface area contributed by atoms with Gasteiger partial charge < -0.3 is 20.4 Å². The number of ether oxygens (including phenoxy) is 1. The number of piperazine rings is 1. The number of nitrogens with two attached hydrogens (primary N) is 1. The van der Waals surface area contributed by atoms with Crippen LogP contribution in [0.2, 0.25) is 0 Å². The average molecular weight is 262 g/mol. The topological polar surface area (TPSA) is 72.4 Å². The van der Waals surface area contributed by atoms with Crippen LogP contribution in [0.3, 0.4) is 0 Å². The normalized spacial score (nSPS) is 17.1. The predicted octanol–water partition coefficient (Wildman–Crippen LogP) is -0.0945. The third-order valence-electron chi connectivity index (χ3n) is 3.45. The van der Waals surface area contributed by atoms with Gasteiger partial charge in [0.2, 0.25) is 11.8 Å². The Morgan fingerprint density at radius 1 is 1.16 bits per heavy atom. The van der Waals surface area contributed by atoms with E-state index in [1.807, 2.05) is 10.7 Å². The van der Waals surface area contributed by atoms with E-state index in [4.69, 9.17) is 10.5 Å². The number of methoxy groups -OCH3 is 1. The molecule has 0 aliphatic carbocycles. The maximum atomic E-state index is 6.03. The zero-order chi connectivity index (χ0) is 13.4. The molecule has 7 nitrogen and oxygen atoms in total. The summed E-state index contributed by atoms with van der Waals surface area (Å²) in [5.74, 6) is 1.04. The van der Waals surface area contributed by atoms with Gasteiger partial charge in [0.25, 0.3) is 0 Å². The van der Waals surface area contributed by atoms with E-state index in [2.05, 4.69) is 26.9 Å². The number of nitrogens with zero attached hydrogens (tertiary/aromatic N) is 5. The molecule has 0 radical (unpaired) electrons. The van der Waals surface area contributed by atoms with Crippen LogP contribution in [0.5, 0.6) is 5.88 Å². The second kappa shape index (κ2) is 4.58. The van der Waals surface area contributed by atoms with E-state index in [0.717, 1.165) is 37.3 Å². The van der Waals surface area contributed by atoms with Crippen molar-refractivity contribution in [1.82, 2.24) is 19.5 Å². The molecule has 2 aromatic heterocycles. The van der Waals surface area contributed by atoms with Crippen molar-refractivity contribution < 1.29 is 4.74 Å². The highest BCUT2D eigenvalue weighted by molar-refractivity contribution is 5.75. The second-order valence-corrected chi connectivity index (χ2v) is 4.74. The van der Waals surface area contributed by atoms with E-state index >= 15 is 0 Å². The van der Waals surface area contributed by atoms with Crippen LogP contribution in [0.1, 0.15) is 0 Å². The molecule has 1 aliphatic heterocycles. The Morgan fingerprint density at radius 3 is 2.58 bits per heavy atom. The van der Waals surface area contributed by atoms with Crippen LogP contribution in [0, 0.1) is 0 Å². The highest BCUT2D eigenvalue weighted by Gasteiger charge is 2.20. The number of aromatic nitrogens is 3. The molecule has 2 N–H and O–H groups in total. The van der Waals surface area contributed by atoms with Gasteiger partial charge in [0.1, 0.15) is 5.52 Å². The molecule has 102 valence electrons. The smallest absolute Gasteiger partial charge is 0.222 e. The SMILES string of the molecule is COc1ccc2nc(N)n(N3CCN(C)CC3)c2n1. The Morgan fingerprint density at radius 2 is 1.89 bits per heavy atom. The minimum Gasteiger partial charge on any atom is -0.481 e. The Bertz CT molecular complexity index is 587. The molecule has 0 spiro atoms.